The van der Waals surface area contributed by atoms with Gasteiger partial charge in [-0.3, -0.25) is 4.79 Å². The summed E-state index contributed by atoms with van der Waals surface area (Å²) in [6, 6.07) is 3.41. The maximum absolute atomic E-state index is 11.5. The number of methoxy groups -OCH3 is 1. The molecule has 2 N–H and O–H groups in total. The van der Waals surface area contributed by atoms with Crippen molar-refractivity contribution < 1.29 is 24.1 Å². The number of hydrogen-bond acceptors (Lipinski definition) is 5. The molecule has 2 aliphatic heterocycles. The fourth-order valence-corrected chi connectivity index (χ4v) is 2.60. The number of carbonyl (C=O) groups is 1. The Kier molecular flexibility index (Phi) is 2.94. The van der Waals surface area contributed by atoms with Crippen LogP contribution in [0.4, 0.5) is 0 Å². The summed E-state index contributed by atoms with van der Waals surface area (Å²) >= 11 is 0. The molecule has 0 aliphatic carbocycles. The summed E-state index contributed by atoms with van der Waals surface area (Å²) in [5.74, 6) is 1.65. The molecule has 19 heavy (non-hydrogen) atoms. The summed E-state index contributed by atoms with van der Waals surface area (Å²) in [5, 5.41) is 12.1. The van der Waals surface area contributed by atoms with E-state index in [1.807, 2.05) is 12.1 Å². The van der Waals surface area contributed by atoms with Crippen molar-refractivity contribution in [2.45, 2.75) is 18.4 Å². The molecule has 6 nitrogen and oxygen atoms in total. The van der Waals surface area contributed by atoms with Crippen LogP contribution in [0.3, 0.4) is 0 Å². The highest BCUT2D eigenvalue weighted by molar-refractivity contribution is 5.80. The predicted molar refractivity (Wildman–Crippen MR) is 65.5 cm³/mol. The van der Waals surface area contributed by atoms with Gasteiger partial charge in [0.15, 0.2) is 11.5 Å². The van der Waals surface area contributed by atoms with E-state index in [1.54, 1.807) is 7.11 Å². The van der Waals surface area contributed by atoms with Crippen molar-refractivity contribution in [3.8, 4) is 17.2 Å². The maximum Gasteiger partial charge on any atom is 0.231 e. The van der Waals surface area contributed by atoms with Crippen LogP contribution in [-0.4, -0.2) is 37.6 Å². The quantitative estimate of drug-likeness (QED) is 0.826. The van der Waals surface area contributed by atoms with E-state index < -0.39 is 0 Å². The molecule has 0 aromatic heterocycles. The van der Waals surface area contributed by atoms with Crippen molar-refractivity contribution in [3.05, 3.63) is 17.7 Å². The van der Waals surface area contributed by atoms with Crippen LogP contribution in [0, 0.1) is 0 Å². The van der Waals surface area contributed by atoms with Crippen LogP contribution in [0.15, 0.2) is 12.1 Å². The highest BCUT2D eigenvalue weighted by atomic mass is 16.7. The first-order valence-corrected chi connectivity index (χ1v) is 6.10. The van der Waals surface area contributed by atoms with E-state index in [4.69, 9.17) is 14.2 Å². The summed E-state index contributed by atoms with van der Waals surface area (Å²) in [6.45, 7) is 0.0770. The molecule has 1 fully saturated rings. The first kappa shape index (κ1) is 12.1. The zero-order valence-corrected chi connectivity index (χ0v) is 10.5. The number of nitrogens with one attached hydrogen (secondary N) is 1. The Hall–Kier alpha value is -1.95. The third kappa shape index (κ3) is 1.98. The van der Waals surface area contributed by atoms with Gasteiger partial charge in [-0.05, 0) is 17.7 Å². The van der Waals surface area contributed by atoms with E-state index in [0.29, 0.717) is 23.7 Å². The number of aliphatic hydroxyl groups is 1. The molecular weight excluding hydrogens is 250 g/mol. The van der Waals surface area contributed by atoms with Crippen LogP contribution in [-0.2, 0) is 4.79 Å². The van der Waals surface area contributed by atoms with E-state index in [2.05, 4.69) is 5.32 Å². The Morgan fingerprint density at radius 1 is 1.47 bits per heavy atom. The van der Waals surface area contributed by atoms with Crippen molar-refractivity contribution in [2.24, 2.45) is 0 Å². The van der Waals surface area contributed by atoms with Crippen LogP contribution in [0.5, 0.6) is 17.2 Å². The van der Waals surface area contributed by atoms with Crippen molar-refractivity contribution in [1.82, 2.24) is 5.32 Å². The van der Waals surface area contributed by atoms with Crippen LogP contribution in [0.25, 0.3) is 0 Å². The van der Waals surface area contributed by atoms with Gasteiger partial charge in [0.2, 0.25) is 18.4 Å². The van der Waals surface area contributed by atoms with Crippen molar-refractivity contribution in [3.63, 3.8) is 0 Å². The molecule has 0 bridgehead atoms. The highest BCUT2D eigenvalue weighted by Gasteiger charge is 2.34. The normalized spacial score (nSPS) is 24.4. The number of benzene rings is 1. The van der Waals surface area contributed by atoms with Crippen LogP contribution < -0.4 is 19.5 Å². The molecular formula is C13H15NO5. The molecule has 0 spiro atoms. The van der Waals surface area contributed by atoms with Crippen LogP contribution in [0.1, 0.15) is 17.9 Å². The number of carbonyl (C=O) groups excluding carboxylic acids is 1. The van der Waals surface area contributed by atoms with Gasteiger partial charge in [0.1, 0.15) is 0 Å². The third-order valence-electron chi connectivity index (χ3n) is 3.54. The number of aliphatic hydroxyl groups excluding tert-OH is 1. The Labute approximate surface area is 110 Å². The van der Waals surface area contributed by atoms with Crippen molar-refractivity contribution in [1.29, 1.82) is 0 Å². The maximum atomic E-state index is 11.5. The highest BCUT2D eigenvalue weighted by Crippen LogP contribution is 2.44. The predicted octanol–water partition coefficient (Wildman–Crippen LogP) is 0.388. The first-order valence-electron chi connectivity index (χ1n) is 6.10. The Morgan fingerprint density at radius 3 is 3.05 bits per heavy atom. The average Bonchev–Trinajstić information content (AvgIpc) is 3.02. The zero-order chi connectivity index (χ0) is 13.4. The molecule has 1 amide bonds. The Balaban J connectivity index is 1.99. The first-order chi connectivity index (χ1) is 9.22. The topological polar surface area (TPSA) is 77.0 Å². The summed E-state index contributed by atoms with van der Waals surface area (Å²) < 4.78 is 16.0. The minimum Gasteiger partial charge on any atom is -0.493 e. The largest absolute Gasteiger partial charge is 0.493 e. The summed E-state index contributed by atoms with van der Waals surface area (Å²) in [4.78, 5) is 11.5. The van der Waals surface area contributed by atoms with E-state index >= 15 is 0 Å². The second-order valence-corrected chi connectivity index (χ2v) is 4.62. The van der Waals surface area contributed by atoms with Gasteiger partial charge in [0.05, 0.1) is 19.8 Å². The SMILES string of the molecule is COc1cc([C@H]2CC(=O)N[C@H]2CO)cc2c1OCO2. The number of ether oxygens (including phenoxy) is 3. The van der Waals surface area contributed by atoms with Gasteiger partial charge < -0.3 is 24.6 Å². The van der Waals surface area contributed by atoms with E-state index in [0.717, 1.165) is 5.56 Å². The Bertz CT molecular complexity index is 516. The monoisotopic (exact) mass is 265 g/mol. The molecule has 6 heteroatoms. The third-order valence-corrected chi connectivity index (χ3v) is 3.54. The van der Waals surface area contributed by atoms with Crippen LogP contribution in [0.2, 0.25) is 0 Å². The Morgan fingerprint density at radius 2 is 2.32 bits per heavy atom. The second-order valence-electron chi connectivity index (χ2n) is 4.62. The van der Waals surface area contributed by atoms with Crippen LogP contribution >= 0.6 is 0 Å². The fraction of sp³-hybridized carbons (Fsp3) is 0.462. The lowest BCUT2D eigenvalue weighted by molar-refractivity contribution is -0.119. The summed E-state index contributed by atoms with van der Waals surface area (Å²) in [7, 11) is 1.56. The summed E-state index contributed by atoms with van der Waals surface area (Å²) in [6.07, 6.45) is 0.355. The summed E-state index contributed by atoms with van der Waals surface area (Å²) in [5.41, 5.74) is 0.901. The number of rotatable bonds is 3. The molecule has 0 saturated carbocycles. The van der Waals surface area contributed by atoms with E-state index in [1.165, 1.54) is 0 Å². The lowest BCUT2D eigenvalue weighted by Crippen LogP contribution is -2.31. The molecule has 1 aromatic carbocycles. The minimum atomic E-state index is -0.266. The lowest BCUT2D eigenvalue weighted by Gasteiger charge is -2.18. The van der Waals surface area contributed by atoms with Gasteiger partial charge in [-0.15, -0.1) is 0 Å². The zero-order valence-electron chi connectivity index (χ0n) is 10.5. The molecule has 0 radical (unpaired) electrons. The number of hydrogen-bond donors (Lipinski definition) is 2. The van der Waals surface area contributed by atoms with Gasteiger partial charge >= 0.3 is 0 Å². The molecule has 2 atom stereocenters. The van der Waals surface area contributed by atoms with Gasteiger partial charge in [0.25, 0.3) is 0 Å². The molecule has 2 aliphatic rings. The molecule has 102 valence electrons. The second kappa shape index (κ2) is 4.62. The smallest absolute Gasteiger partial charge is 0.231 e. The molecule has 1 aromatic rings. The molecule has 1 saturated heterocycles. The van der Waals surface area contributed by atoms with Gasteiger partial charge in [0, 0.05) is 12.3 Å². The van der Waals surface area contributed by atoms with Crippen molar-refractivity contribution in [2.75, 3.05) is 20.5 Å². The fourth-order valence-electron chi connectivity index (χ4n) is 2.60. The van der Waals surface area contributed by atoms with Gasteiger partial charge in [-0.25, -0.2) is 0 Å². The van der Waals surface area contributed by atoms with Gasteiger partial charge in [-0.2, -0.15) is 0 Å². The van der Waals surface area contributed by atoms with E-state index in [-0.39, 0.29) is 31.3 Å². The van der Waals surface area contributed by atoms with Gasteiger partial charge in [-0.1, -0.05) is 0 Å². The van der Waals surface area contributed by atoms with Crippen molar-refractivity contribution >= 4 is 5.91 Å². The molecule has 3 rings (SSSR count). The number of fused-ring (bicyclic) bond motifs is 1. The average molecular weight is 265 g/mol. The standard InChI is InChI=1S/C13H15NO5/c1-17-10-2-7(3-11-13(10)19-6-18-11)8-4-12(16)14-9(8)5-15/h2-3,8-9,15H,4-6H2,1H3,(H,14,16)/t8-,9+/m1/s1. The van der Waals surface area contributed by atoms with E-state index in [9.17, 15) is 9.90 Å². The lowest BCUT2D eigenvalue weighted by atomic mass is 9.91. The molecule has 2 heterocycles. The number of amides is 1. The molecule has 0 unspecified atom stereocenters. The minimum absolute atomic E-state index is 0.0549.